The van der Waals surface area contributed by atoms with Gasteiger partial charge >= 0.3 is 0 Å². The predicted octanol–water partition coefficient (Wildman–Crippen LogP) is 5.48. The molecule has 0 aromatic heterocycles. The fourth-order valence-corrected chi connectivity index (χ4v) is 6.39. The maximum absolute atomic E-state index is 13.4. The van der Waals surface area contributed by atoms with Crippen LogP contribution in [-0.2, 0) is 4.79 Å². The molecule has 1 spiro atoms. The number of hydrogen-bond acceptors (Lipinski definition) is 5. The second-order valence-corrected chi connectivity index (χ2v) is 11.3. The number of ether oxygens (including phenoxy) is 1. The van der Waals surface area contributed by atoms with Crippen LogP contribution in [0, 0.1) is 17.8 Å². The Bertz CT molecular complexity index is 1240. The number of terminal acetylenes is 1. The zero-order valence-electron chi connectivity index (χ0n) is 23.0. The van der Waals surface area contributed by atoms with Gasteiger partial charge in [-0.15, -0.1) is 12.3 Å². The predicted molar refractivity (Wildman–Crippen MR) is 152 cm³/mol. The Labute approximate surface area is 231 Å². The van der Waals surface area contributed by atoms with Crippen molar-refractivity contribution in [1.82, 2.24) is 15.5 Å². The highest BCUT2D eigenvalue weighted by Crippen LogP contribution is 2.49. The molecule has 1 amide bonds. The van der Waals surface area contributed by atoms with Crippen molar-refractivity contribution in [3.8, 4) is 18.1 Å². The molecule has 2 fully saturated rings. The molecule has 2 aromatic carbocycles. The summed E-state index contributed by atoms with van der Waals surface area (Å²) < 4.78 is 6.38. The molecule has 2 aliphatic heterocycles. The summed E-state index contributed by atoms with van der Waals surface area (Å²) in [5, 5.41) is 26.9. The van der Waals surface area contributed by atoms with Gasteiger partial charge < -0.3 is 15.2 Å². The van der Waals surface area contributed by atoms with E-state index in [0.717, 1.165) is 55.4 Å². The number of benzene rings is 2. The monoisotopic (exact) mass is 528 g/mol. The quantitative estimate of drug-likeness (QED) is 0.255. The number of nitrogens with zero attached hydrogens (tertiary/aromatic N) is 1. The maximum atomic E-state index is 13.4. The molecule has 7 heteroatoms. The van der Waals surface area contributed by atoms with Crippen molar-refractivity contribution in [2.75, 3.05) is 0 Å². The number of nitrogens with one attached hydrogen (secondary N) is 3. The molecule has 0 radical (unpaired) electrons. The number of hydrogen-bond donors (Lipinski definition) is 4. The number of guanidine groups is 1. The van der Waals surface area contributed by atoms with Gasteiger partial charge in [0.2, 0.25) is 5.91 Å². The number of carbonyl (C=O) groups is 1. The maximum Gasteiger partial charge on any atom is 0.232 e. The van der Waals surface area contributed by atoms with Gasteiger partial charge in [0.05, 0.1) is 12.5 Å². The van der Waals surface area contributed by atoms with Crippen LogP contribution < -0.4 is 15.4 Å². The lowest BCUT2D eigenvalue weighted by molar-refractivity contribution is -0.132. The molecule has 1 aliphatic carbocycles. The number of amides is 1. The molecule has 39 heavy (non-hydrogen) atoms. The first-order valence-corrected chi connectivity index (χ1v) is 14.3. The van der Waals surface area contributed by atoms with Gasteiger partial charge in [0.15, 0.2) is 5.96 Å². The van der Waals surface area contributed by atoms with Crippen molar-refractivity contribution < 1.29 is 14.6 Å². The topological polar surface area (TPSA) is 97.7 Å². The minimum absolute atomic E-state index is 0.0385. The third kappa shape index (κ3) is 5.28. The minimum atomic E-state index is -0.908. The second kappa shape index (κ2) is 11.0. The lowest BCUT2D eigenvalue weighted by atomic mass is 9.73. The van der Waals surface area contributed by atoms with Gasteiger partial charge in [-0.25, -0.2) is 0 Å². The van der Waals surface area contributed by atoms with E-state index in [1.165, 1.54) is 0 Å². The Morgan fingerprint density at radius 3 is 2.62 bits per heavy atom. The number of aliphatic hydroxyl groups excluding tert-OH is 1. The molecule has 1 saturated heterocycles. The lowest BCUT2D eigenvalue weighted by Gasteiger charge is -2.48. The first-order chi connectivity index (χ1) is 18.8. The standard InChI is InChI=1S/C32H40N4O3/c1-4-7-15-26(36-28(37)21-31(5-2,6-3)35-30(36)33)22-12-10-13-23(19-22)29(38)34-25-20-32(17-11-18-32)39-27-16-9-8-14-24(25)27/h1,8-10,12-14,16,19,25-26,29,34,38H,5-7,11,15,17-18,20-21H2,2-3H3,(H2,33,35)/t25-,26+,29?/m1/s1. The summed E-state index contributed by atoms with van der Waals surface area (Å²) in [7, 11) is 0. The summed E-state index contributed by atoms with van der Waals surface area (Å²) in [6.07, 6.45) is 11.6. The van der Waals surface area contributed by atoms with Crippen molar-refractivity contribution in [2.45, 2.75) is 101 Å². The van der Waals surface area contributed by atoms with Crippen LogP contribution in [-0.4, -0.2) is 33.0 Å². The molecular weight excluding hydrogens is 488 g/mol. The lowest BCUT2D eigenvalue weighted by Crippen LogP contribution is -2.62. The van der Waals surface area contributed by atoms with Crippen LogP contribution in [0.25, 0.3) is 0 Å². The number of rotatable bonds is 9. The number of carbonyl (C=O) groups excluding carboxylic acids is 1. The molecule has 3 aliphatic rings. The first kappa shape index (κ1) is 27.2. The van der Waals surface area contributed by atoms with Gasteiger partial charge in [-0.3, -0.25) is 20.4 Å². The van der Waals surface area contributed by atoms with Crippen molar-refractivity contribution >= 4 is 11.9 Å². The molecule has 5 rings (SSSR count). The molecule has 1 unspecified atom stereocenters. The molecule has 1 saturated carbocycles. The van der Waals surface area contributed by atoms with Crippen molar-refractivity contribution in [2.24, 2.45) is 0 Å². The normalized spacial score (nSPS) is 22.6. The Morgan fingerprint density at radius 2 is 1.95 bits per heavy atom. The van der Waals surface area contributed by atoms with E-state index in [-0.39, 0.29) is 29.0 Å². The number of fused-ring (bicyclic) bond motifs is 1. The third-order valence-corrected chi connectivity index (χ3v) is 9.04. The summed E-state index contributed by atoms with van der Waals surface area (Å²) in [6, 6.07) is 15.3. The Kier molecular flexibility index (Phi) is 7.70. The highest BCUT2D eigenvalue weighted by Gasteiger charge is 2.46. The summed E-state index contributed by atoms with van der Waals surface area (Å²) >= 11 is 0. The van der Waals surface area contributed by atoms with Crippen molar-refractivity contribution in [3.63, 3.8) is 0 Å². The fourth-order valence-electron chi connectivity index (χ4n) is 6.39. The van der Waals surface area contributed by atoms with E-state index in [1.54, 1.807) is 4.90 Å². The SMILES string of the molecule is C#CCC[C@@H](c1cccc(C(O)N[C@@H]2CC3(CCC3)Oc3ccccc32)c1)N1C(=N)NC(CC)(CC)CC1=O. The van der Waals surface area contributed by atoms with Gasteiger partial charge in [-0.1, -0.05) is 50.2 Å². The van der Waals surface area contributed by atoms with Gasteiger partial charge in [0.1, 0.15) is 17.6 Å². The van der Waals surface area contributed by atoms with E-state index >= 15 is 0 Å². The highest BCUT2D eigenvalue weighted by molar-refractivity contribution is 5.99. The average molecular weight is 529 g/mol. The van der Waals surface area contributed by atoms with Gasteiger partial charge in [-0.05, 0) is 61.8 Å². The minimum Gasteiger partial charge on any atom is -0.487 e. The summed E-state index contributed by atoms with van der Waals surface area (Å²) in [4.78, 5) is 15.0. The van der Waals surface area contributed by atoms with Crippen LogP contribution >= 0.6 is 0 Å². The number of para-hydroxylation sites is 1. The van der Waals surface area contributed by atoms with Gasteiger partial charge in [-0.2, -0.15) is 0 Å². The van der Waals surface area contributed by atoms with E-state index in [0.29, 0.717) is 24.8 Å². The van der Waals surface area contributed by atoms with Crippen LogP contribution in [0.15, 0.2) is 48.5 Å². The van der Waals surface area contributed by atoms with Gasteiger partial charge in [0.25, 0.3) is 0 Å². The average Bonchev–Trinajstić information content (AvgIpc) is 2.93. The molecule has 0 bridgehead atoms. The zero-order chi connectivity index (χ0) is 27.6. The summed E-state index contributed by atoms with van der Waals surface area (Å²) in [6.45, 7) is 4.09. The van der Waals surface area contributed by atoms with Crippen LogP contribution in [0.3, 0.4) is 0 Å². The van der Waals surface area contributed by atoms with Gasteiger partial charge in [0, 0.05) is 30.0 Å². The zero-order valence-corrected chi connectivity index (χ0v) is 23.0. The molecule has 4 N–H and O–H groups in total. The van der Waals surface area contributed by atoms with Crippen LogP contribution in [0.4, 0.5) is 0 Å². The molecule has 2 aromatic rings. The molecular formula is C32H40N4O3. The molecule has 3 atom stereocenters. The van der Waals surface area contributed by atoms with E-state index in [9.17, 15) is 9.90 Å². The van der Waals surface area contributed by atoms with Crippen LogP contribution in [0.2, 0.25) is 0 Å². The van der Waals surface area contributed by atoms with Crippen LogP contribution in [0.1, 0.15) is 107 Å². The van der Waals surface area contributed by atoms with E-state index < -0.39 is 12.3 Å². The Balaban J connectivity index is 1.39. The summed E-state index contributed by atoms with van der Waals surface area (Å²) in [5.74, 6) is 3.63. The first-order valence-electron chi connectivity index (χ1n) is 14.3. The third-order valence-electron chi connectivity index (χ3n) is 9.04. The Hall–Kier alpha value is -3.34. The van der Waals surface area contributed by atoms with E-state index in [2.05, 4.69) is 22.6 Å². The summed E-state index contributed by atoms with van der Waals surface area (Å²) in [5.41, 5.74) is 2.09. The van der Waals surface area contributed by atoms with Crippen LogP contribution in [0.5, 0.6) is 5.75 Å². The fraction of sp³-hybridized carbons (Fsp3) is 0.500. The molecule has 206 valence electrons. The van der Waals surface area contributed by atoms with Crippen molar-refractivity contribution in [3.05, 3.63) is 65.2 Å². The molecule has 7 nitrogen and oxygen atoms in total. The number of aliphatic hydroxyl groups is 1. The second-order valence-electron chi connectivity index (χ2n) is 11.3. The van der Waals surface area contributed by atoms with Crippen molar-refractivity contribution in [1.29, 1.82) is 5.41 Å². The smallest absolute Gasteiger partial charge is 0.232 e. The van der Waals surface area contributed by atoms with E-state index in [4.69, 9.17) is 16.6 Å². The Morgan fingerprint density at radius 1 is 1.21 bits per heavy atom. The molecule has 2 heterocycles. The largest absolute Gasteiger partial charge is 0.487 e. The highest BCUT2D eigenvalue weighted by atomic mass is 16.5. The van der Waals surface area contributed by atoms with E-state index in [1.807, 2.05) is 56.3 Å².